The van der Waals surface area contributed by atoms with E-state index in [1.54, 1.807) is 7.11 Å². The van der Waals surface area contributed by atoms with Crippen LogP contribution in [0.4, 0.5) is 0 Å². The Morgan fingerprint density at radius 3 is 2.41 bits per heavy atom. The van der Waals surface area contributed by atoms with Gasteiger partial charge in [-0.25, -0.2) is 0 Å². The normalized spacial score (nSPS) is 12.1. The van der Waals surface area contributed by atoms with Gasteiger partial charge in [0.1, 0.15) is 5.75 Å². The van der Waals surface area contributed by atoms with Crippen molar-refractivity contribution in [2.75, 3.05) is 7.11 Å². The molecule has 2 N–H and O–H groups in total. The first-order chi connectivity index (χ1) is 7.58. The first kappa shape index (κ1) is 16.3. The summed E-state index contributed by atoms with van der Waals surface area (Å²) in [6.07, 6.45) is 1.96. The largest absolute Gasteiger partial charge is 0.496 e. The van der Waals surface area contributed by atoms with Gasteiger partial charge < -0.3 is 10.5 Å². The monoisotopic (exact) mass is 257 g/mol. The molecular formula is C14H24ClNO. The van der Waals surface area contributed by atoms with Gasteiger partial charge in [-0.05, 0) is 36.0 Å². The molecule has 0 heterocycles. The first-order valence-corrected chi connectivity index (χ1v) is 6.00. The van der Waals surface area contributed by atoms with Crippen LogP contribution in [-0.4, -0.2) is 13.2 Å². The van der Waals surface area contributed by atoms with E-state index >= 15 is 0 Å². The van der Waals surface area contributed by atoms with Crippen molar-refractivity contribution in [3.05, 3.63) is 29.3 Å². The van der Waals surface area contributed by atoms with Crippen LogP contribution in [0.3, 0.4) is 0 Å². The van der Waals surface area contributed by atoms with Crippen LogP contribution in [0.5, 0.6) is 5.75 Å². The van der Waals surface area contributed by atoms with Crippen LogP contribution in [-0.2, 0) is 6.42 Å². The topological polar surface area (TPSA) is 35.2 Å². The van der Waals surface area contributed by atoms with Crippen LogP contribution in [0.1, 0.15) is 44.2 Å². The second kappa shape index (κ2) is 7.57. The lowest BCUT2D eigenvalue weighted by atomic mass is 9.96. The minimum atomic E-state index is 0. The van der Waals surface area contributed by atoms with Gasteiger partial charge >= 0.3 is 0 Å². The van der Waals surface area contributed by atoms with Gasteiger partial charge in [0.25, 0.3) is 0 Å². The van der Waals surface area contributed by atoms with Gasteiger partial charge in [-0.3, -0.25) is 0 Å². The standard InChI is InChI=1S/C14H23NO.ClH/c1-5-12(15)8-11-6-7-14(16-4)13(9-11)10(2)3;/h6-7,9-10,12H,5,8,15H2,1-4H3;1H. The molecule has 1 aromatic carbocycles. The molecule has 1 aromatic rings. The smallest absolute Gasteiger partial charge is 0.122 e. The second-order valence-electron chi connectivity index (χ2n) is 4.60. The van der Waals surface area contributed by atoms with Crippen LogP contribution >= 0.6 is 12.4 Å². The number of rotatable bonds is 5. The number of benzene rings is 1. The minimum absolute atomic E-state index is 0. The third-order valence-electron chi connectivity index (χ3n) is 2.94. The van der Waals surface area contributed by atoms with Gasteiger partial charge in [0.2, 0.25) is 0 Å². The maximum absolute atomic E-state index is 5.97. The number of hydrogen-bond acceptors (Lipinski definition) is 2. The summed E-state index contributed by atoms with van der Waals surface area (Å²) < 4.78 is 5.36. The van der Waals surface area contributed by atoms with E-state index in [4.69, 9.17) is 10.5 Å². The lowest BCUT2D eigenvalue weighted by molar-refractivity contribution is 0.407. The Balaban J connectivity index is 0.00000256. The Kier molecular flexibility index (Phi) is 7.24. The summed E-state index contributed by atoms with van der Waals surface area (Å²) in [5, 5.41) is 0. The molecule has 0 radical (unpaired) electrons. The molecule has 2 nitrogen and oxygen atoms in total. The molecule has 3 heteroatoms. The van der Waals surface area contributed by atoms with E-state index in [1.165, 1.54) is 11.1 Å². The highest BCUT2D eigenvalue weighted by molar-refractivity contribution is 5.85. The lowest BCUT2D eigenvalue weighted by Gasteiger charge is -2.15. The summed E-state index contributed by atoms with van der Waals surface area (Å²) in [5.41, 5.74) is 8.54. The summed E-state index contributed by atoms with van der Waals surface area (Å²) >= 11 is 0. The third-order valence-corrected chi connectivity index (χ3v) is 2.94. The second-order valence-corrected chi connectivity index (χ2v) is 4.60. The van der Waals surface area contributed by atoms with Gasteiger partial charge in [0.05, 0.1) is 7.11 Å². The Morgan fingerprint density at radius 1 is 1.29 bits per heavy atom. The quantitative estimate of drug-likeness (QED) is 0.876. The van der Waals surface area contributed by atoms with Crippen molar-refractivity contribution >= 4 is 12.4 Å². The van der Waals surface area contributed by atoms with Crippen molar-refractivity contribution in [3.63, 3.8) is 0 Å². The molecule has 0 amide bonds. The lowest BCUT2D eigenvalue weighted by Crippen LogP contribution is -2.21. The summed E-state index contributed by atoms with van der Waals surface area (Å²) in [5.74, 6) is 1.46. The van der Waals surface area contributed by atoms with Crippen molar-refractivity contribution in [2.24, 2.45) is 5.73 Å². The Hall–Kier alpha value is -0.730. The zero-order chi connectivity index (χ0) is 12.1. The molecule has 17 heavy (non-hydrogen) atoms. The molecule has 1 rings (SSSR count). The van der Waals surface area contributed by atoms with E-state index in [9.17, 15) is 0 Å². The molecule has 0 spiro atoms. The van der Waals surface area contributed by atoms with Gasteiger partial charge in [-0.2, -0.15) is 0 Å². The van der Waals surface area contributed by atoms with Gasteiger partial charge in [0.15, 0.2) is 0 Å². The number of nitrogens with two attached hydrogens (primary N) is 1. The molecular weight excluding hydrogens is 234 g/mol. The highest BCUT2D eigenvalue weighted by Gasteiger charge is 2.09. The van der Waals surface area contributed by atoms with Crippen molar-refractivity contribution in [1.82, 2.24) is 0 Å². The fourth-order valence-electron chi connectivity index (χ4n) is 1.81. The summed E-state index contributed by atoms with van der Waals surface area (Å²) in [6.45, 7) is 6.49. The van der Waals surface area contributed by atoms with Crippen LogP contribution in [0.2, 0.25) is 0 Å². The summed E-state index contributed by atoms with van der Waals surface area (Å²) in [4.78, 5) is 0. The van der Waals surface area contributed by atoms with Crippen molar-refractivity contribution < 1.29 is 4.74 Å². The fourth-order valence-corrected chi connectivity index (χ4v) is 1.81. The van der Waals surface area contributed by atoms with Crippen LogP contribution < -0.4 is 10.5 Å². The molecule has 0 aliphatic rings. The molecule has 0 aromatic heterocycles. The van der Waals surface area contributed by atoms with E-state index in [0.29, 0.717) is 5.92 Å². The van der Waals surface area contributed by atoms with Gasteiger partial charge in [-0.15, -0.1) is 12.4 Å². The number of ether oxygens (including phenoxy) is 1. The maximum Gasteiger partial charge on any atom is 0.122 e. The number of hydrogen-bond donors (Lipinski definition) is 1. The molecule has 0 saturated carbocycles. The average Bonchev–Trinajstić information content (AvgIpc) is 2.28. The molecule has 0 fully saturated rings. The Bertz CT molecular complexity index is 339. The van der Waals surface area contributed by atoms with Crippen molar-refractivity contribution in [2.45, 2.75) is 45.6 Å². The molecule has 1 unspecified atom stereocenters. The number of halogens is 1. The van der Waals surface area contributed by atoms with Crippen LogP contribution in [0.25, 0.3) is 0 Å². The van der Waals surface area contributed by atoms with Gasteiger partial charge in [-0.1, -0.05) is 32.9 Å². The molecule has 0 aliphatic carbocycles. The zero-order valence-electron chi connectivity index (χ0n) is 11.2. The Morgan fingerprint density at radius 2 is 1.94 bits per heavy atom. The zero-order valence-corrected chi connectivity index (χ0v) is 12.0. The van der Waals surface area contributed by atoms with Crippen LogP contribution in [0, 0.1) is 0 Å². The molecule has 1 atom stereocenters. The molecule has 0 aliphatic heterocycles. The minimum Gasteiger partial charge on any atom is -0.496 e. The SMILES string of the molecule is CCC(N)Cc1ccc(OC)c(C(C)C)c1.Cl. The molecule has 98 valence electrons. The molecule has 0 saturated heterocycles. The van der Waals surface area contributed by atoms with E-state index in [0.717, 1.165) is 18.6 Å². The summed E-state index contributed by atoms with van der Waals surface area (Å²) in [6, 6.07) is 6.64. The fraction of sp³-hybridized carbons (Fsp3) is 0.571. The van der Waals surface area contributed by atoms with Crippen molar-refractivity contribution in [1.29, 1.82) is 0 Å². The van der Waals surface area contributed by atoms with E-state index < -0.39 is 0 Å². The summed E-state index contributed by atoms with van der Waals surface area (Å²) in [7, 11) is 1.72. The van der Waals surface area contributed by atoms with Crippen LogP contribution in [0.15, 0.2) is 18.2 Å². The highest BCUT2D eigenvalue weighted by Crippen LogP contribution is 2.27. The van der Waals surface area contributed by atoms with E-state index in [-0.39, 0.29) is 18.4 Å². The average molecular weight is 258 g/mol. The van der Waals surface area contributed by atoms with E-state index in [1.807, 2.05) is 6.07 Å². The molecule has 0 bridgehead atoms. The van der Waals surface area contributed by atoms with Gasteiger partial charge in [0, 0.05) is 6.04 Å². The number of methoxy groups -OCH3 is 1. The predicted octanol–water partition coefficient (Wildman–Crippen LogP) is 3.52. The highest BCUT2D eigenvalue weighted by atomic mass is 35.5. The third kappa shape index (κ3) is 4.57. The maximum atomic E-state index is 5.97. The van der Waals surface area contributed by atoms with Crippen molar-refractivity contribution in [3.8, 4) is 5.75 Å². The van der Waals surface area contributed by atoms with E-state index in [2.05, 4.69) is 32.9 Å². The predicted molar refractivity (Wildman–Crippen MR) is 76.3 cm³/mol. The Labute approximate surface area is 111 Å². The first-order valence-electron chi connectivity index (χ1n) is 6.00.